The molecule has 2 nitrogen and oxygen atoms in total. The molecule has 2 rings (SSSR count). The van der Waals surface area contributed by atoms with Gasteiger partial charge >= 0.3 is 0 Å². The number of hydrogen-bond donors (Lipinski definition) is 1. The predicted octanol–water partition coefficient (Wildman–Crippen LogP) is 3.23. The summed E-state index contributed by atoms with van der Waals surface area (Å²) < 4.78 is 18.5. The van der Waals surface area contributed by atoms with E-state index in [1.807, 2.05) is 0 Å². The lowest BCUT2D eigenvalue weighted by atomic mass is 10.0. The highest BCUT2D eigenvalue weighted by molar-refractivity contribution is 9.10. The first-order chi connectivity index (χ1) is 7.18. The van der Waals surface area contributed by atoms with E-state index in [1.54, 1.807) is 24.7 Å². The summed E-state index contributed by atoms with van der Waals surface area (Å²) in [5, 5.41) is 0. The Bertz CT molecular complexity index is 456. The number of benzene rings is 1. The van der Waals surface area contributed by atoms with Crippen LogP contribution >= 0.6 is 15.9 Å². The average Bonchev–Trinajstić information content (AvgIpc) is 2.69. The van der Waals surface area contributed by atoms with Gasteiger partial charge in [-0.15, -0.1) is 0 Å². The standard InChI is InChI=1S/C11H9BrFNO/c12-10-5-8(13)1-2-9(10)11(14)7-3-4-15-6-7/h1-6,11H,14H2. The van der Waals surface area contributed by atoms with Gasteiger partial charge < -0.3 is 10.2 Å². The number of halogens is 2. The molecule has 0 spiro atoms. The normalized spacial score (nSPS) is 12.7. The van der Waals surface area contributed by atoms with Crippen LogP contribution in [0.3, 0.4) is 0 Å². The molecule has 0 saturated heterocycles. The van der Waals surface area contributed by atoms with Gasteiger partial charge in [-0.3, -0.25) is 0 Å². The summed E-state index contributed by atoms with van der Waals surface area (Å²) in [6.45, 7) is 0. The zero-order valence-corrected chi connectivity index (χ0v) is 9.37. The summed E-state index contributed by atoms with van der Waals surface area (Å²) in [6.07, 6.45) is 3.15. The molecule has 0 aliphatic rings. The molecule has 0 aliphatic heterocycles. The molecule has 78 valence electrons. The van der Waals surface area contributed by atoms with Gasteiger partial charge in [0.05, 0.1) is 18.6 Å². The monoisotopic (exact) mass is 269 g/mol. The van der Waals surface area contributed by atoms with Crippen LogP contribution in [-0.4, -0.2) is 0 Å². The smallest absolute Gasteiger partial charge is 0.124 e. The summed E-state index contributed by atoms with van der Waals surface area (Å²) in [5.74, 6) is -0.287. The molecule has 1 unspecified atom stereocenters. The van der Waals surface area contributed by atoms with E-state index in [2.05, 4.69) is 15.9 Å². The fourth-order valence-corrected chi connectivity index (χ4v) is 1.98. The highest BCUT2D eigenvalue weighted by Crippen LogP contribution is 2.27. The van der Waals surface area contributed by atoms with E-state index in [1.165, 1.54) is 12.1 Å². The van der Waals surface area contributed by atoms with Gasteiger partial charge in [-0.2, -0.15) is 0 Å². The lowest BCUT2D eigenvalue weighted by Crippen LogP contribution is -2.11. The SMILES string of the molecule is NC(c1ccoc1)c1ccc(F)cc1Br. The topological polar surface area (TPSA) is 39.2 Å². The number of furan rings is 1. The third-order valence-electron chi connectivity index (χ3n) is 2.20. The summed E-state index contributed by atoms with van der Waals surface area (Å²) in [7, 11) is 0. The van der Waals surface area contributed by atoms with E-state index in [9.17, 15) is 4.39 Å². The van der Waals surface area contributed by atoms with Crippen LogP contribution < -0.4 is 5.73 Å². The van der Waals surface area contributed by atoms with Gasteiger partial charge in [-0.25, -0.2) is 4.39 Å². The fraction of sp³-hybridized carbons (Fsp3) is 0.0909. The van der Waals surface area contributed by atoms with Crippen molar-refractivity contribution in [3.8, 4) is 0 Å². The van der Waals surface area contributed by atoms with Gasteiger partial charge in [0.15, 0.2) is 0 Å². The lowest BCUT2D eigenvalue weighted by molar-refractivity contribution is 0.562. The summed E-state index contributed by atoms with van der Waals surface area (Å²) in [5.41, 5.74) is 7.69. The van der Waals surface area contributed by atoms with Crippen LogP contribution in [0.5, 0.6) is 0 Å². The minimum Gasteiger partial charge on any atom is -0.472 e. The second-order valence-corrected chi connectivity index (χ2v) is 4.05. The lowest BCUT2D eigenvalue weighted by Gasteiger charge is -2.11. The molecule has 1 atom stereocenters. The minimum atomic E-state index is -0.307. The first-order valence-electron chi connectivity index (χ1n) is 4.41. The molecule has 0 radical (unpaired) electrons. The van der Waals surface area contributed by atoms with E-state index < -0.39 is 0 Å². The van der Waals surface area contributed by atoms with Crippen LogP contribution in [-0.2, 0) is 0 Å². The maximum Gasteiger partial charge on any atom is 0.124 e. The highest BCUT2D eigenvalue weighted by Gasteiger charge is 2.13. The summed E-state index contributed by atoms with van der Waals surface area (Å²) in [4.78, 5) is 0. The molecule has 1 aromatic carbocycles. The Kier molecular flexibility index (Phi) is 2.88. The van der Waals surface area contributed by atoms with Crippen molar-refractivity contribution < 1.29 is 8.81 Å². The third-order valence-corrected chi connectivity index (χ3v) is 2.89. The van der Waals surface area contributed by atoms with E-state index in [4.69, 9.17) is 10.2 Å². The zero-order valence-electron chi connectivity index (χ0n) is 7.78. The second kappa shape index (κ2) is 4.16. The fourth-order valence-electron chi connectivity index (χ4n) is 1.39. The molecule has 1 aromatic heterocycles. The molecule has 2 aromatic rings. The minimum absolute atomic E-state index is 0.287. The van der Waals surface area contributed by atoms with Gasteiger partial charge in [0.25, 0.3) is 0 Å². The number of rotatable bonds is 2. The Morgan fingerprint density at radius 3 is 2.73 bits per heavy atom. The first kappa shape index (κ1) is 10.4. The first-order valence-corrected chi connectivity index (χ1v) is 5.20. The molecule has 0 fully saturated rings. The second-order valence-electron chi connectivity index (χ2n) is 3.20. The van der Waals surface area contributed by atoms with E-state index in [-0.39, 0.29) is 11.9 Å². The maximum absolute atomic E-state index is 12.9. The molecule has 0 bridgehead atoms. The molecule has 4 heteroatoms. The summed E-state index contributed by atoms with van der Waals surface area (Å²) >= 11 is 3.28. The van der Waals surface area contributed by atoms with Crippen molar-refractivity contribution >= 4 is 15.9 Å². The molecule has 0 saturated carbocycles. The molecule has 15 heavy (non-hydrogen) atoms. The van der Waals surface area contributed by atoms with Crippen molar-refractivity contribution in [2.45, 2.75) is 6.04 Å². The van der Waals surface area contributed by atoms with Crippen molar-refractivity contribution in [2.75, 3.05) is 0 Å². The van der Waals surface area contributed by atoms with Gasteiger partial charge in [0.1, 0.15) is 5.82 Å². The Morgan fingerprint density at radius 2 is 2.13 bits per heavy atom. The molecule has 1 heterocycles. The molecule has 0 aliphatic carbocycles. The van der Waals surface area contributed by atoms with Crippen LogP contribution in [0.25, 0.3) is 0 Å². The summed E-state index contributed by atoms with van der Waals surface area (Å²) in [6, 6.07) is 5.94. The van der Waals surface area contributed by atoms with Gasteiger partial charge in [0, 0.05) is 10.0 Å². The average molecular weight is 270 g/mol. The Morgan fingerprint density at radius 1 is 1.33 bits per heavy atom. The molecular formula is C11H9BrFNO. The van der Waals surface area contributed by atoms with Crippen molar-refractivity contribution in [3.63, 3.8) is 0 Å². The van der Waals surface area contributed by atoms with Gasteiger partial charge in [-0.1, -0.05) is 22.0 Å². The van der Waals surface area contributed by atoms with Crippen LogP contribution in [0.4, 0.5) is 4.39 Å². The maximum atomic E-state index is 12.9. The predicted molar refractivity (Wildman–Crippen MR) is 58.8 cm³/mol. The van der Waals surface area contributed by atoms with Crippen LogP contribution in [0.2, 0.25) is 0 Å². The number of nitrogens with two attached hydrogens (primary N) is 1. The Labute approximate surface area is 95.0 Å². The van der Waals surface area contributed by atoms with Gasteiger partial charge in [-0.05, 0) is 23.8 Å². The molecule has 2 N–H and O–H groups in total. The van der Waals surface area contributed by atoms with Crippen LogP contribution in [0.15, 0.2) is 45.7 Å². The van der Waals surface area contributed by atoms with Crippen LogP contribution in [0, 0.1) is 5.82 Å². The van der Waals surface area contributed by atoms with Crippen molar-refractivity contribution in [1.82, 2.24) is 0 Å². The van der Waals surface area contributed by atoms with E-state index in [0.717, 1.165) is 11.1 Å². The van der Waals surface area contributed by atoms with E-state index in [0.29, 0.717) is 4.47 Å². The Hall–Kier alpha value is -1.13. The number of hydrogen-bond acceptors (Lipinski definition) is 2. The zero-order chi connectivity index (χ0) is 10.8. The van der Waals surface area contributed by atoms with Crippen molar-refractivity contribution in [3.05, 3.63) is 58.2 Å². The van der Waals surface area contributed by atoms with Gasteiger partial charge in [0.2, 0.25) is 0 Å². The largest absolute Gasteiger partial charge is 0.472 e. The molecular weight excluding hydrogens is 261 g/mol. The molecule has 0 amide bonds. The van der Waals surface area contributed by atoms with Crippen molar-refractivity contribution in [1.29, 1.82) is 0 Å². The quantitative estimate of drug-likeness (QED) is 0.909. The van der Waals surface area contributed by atoms with Crippen molar-refractivity contribution in [2.24, 2.45) is 5.73 Å². The Balaban J connectivity index is 2.38. The van der Waals surface area contributed by atoms with Crippen LogP contribution in [0.1, 0.15) is 17.2 Å². The third kappa shape index (κ3) is 2.11. The van der Waals surface area contributed by atoms with E-state index >= 15 is 0 Å². The highest BCUT2D eigenvalue weighted by atomic mass is 79.9.